The Morgan fingerprint density at radius 2 is 1.42 bits per heavy atom. The molecule has 2 rings (SSSR count). The van der Waals surface area contributed by atoms with Crippen LogP contribution in [0.5, 0.6) is 5.75 Å². The van der Waals surface area contributed by atoms with Crippen LogP contribution in [0.1, 0.15) is 37.0 Å². The standard InChI is InChI=1S/C20H22N2O4/c1-14(23)16-5-11-19(12-6-16)26-13-3-4-20(25)22-18-9-7-17(8-10-18)21-15(2)24/h5-12H,3-4,13H2,1-2H3,(H,21,24)(H,22,25). The average molecular weight is 354 g/mol. The summed E-state index contributed by atoms with van der Waals surface area (Å²) in [5.74, 6) is 0.438. The molecule has 2 aromatic carbocycles. The molecule has 6 nitrogen and oxygen atoms in total. The van der Waals surface area contributed by atoms with Gasteiger partial charge in [0.15, 0.2) is 5.78 Å². The zero-order chi connectivity index (χ0) is 18.9. The Balaban J connectivity index is 1.70. The van der Waals surface area contributed by atoms with E-state index in [-0.39, 0.29) is 17.6 Å². The highest BCUT2D eigenvalue weighted by molar-refractivity contribution is 5.94. The zero-order valence-corrected chi connectivity index (χ0v) is 14.9. The Labute approximate surface area is 152 Å². The highest BCUT2D eigenvalue weighted by atomic mass is 16.5. The Bertz CT molecular complexity index is 767. The molecule has 136 valence electrons. The zero-order valence-electron chi connectivity index (χ0n) is 14.9. The lowest BCUT2D eigenvalue weighted by atomic mass is 10.1. The minimum absolute atomic E-state index is 0.0123. The SMILES string of the molecule is CC(=O)Nc1ccc(NC(=O)CCCOc2ccc(C(C)=O)cc2)cc1. The first-order valence-corrected chi connectivity index (χ1v) is 8.35. The molecule has 0 aliphatic rings. The maximum Gasteiger partial charge on any atom is 0.224 e. The molecular formula is C20H22N2O4. The van der Waals surface area contributed by atoms with Crippen molar-refractivity contribution in [1.82, 2.24) is 0 Å². The number of hydrogen-bond acceptors (Lipinski definition) is 4. The van der Waals surface area contributed by atoms with Gasteiger partial charge < -0.3 is 15.4 Å². The van der Waals surface area contributed by atoms with Crippen LogP contribution in [0.3, 0.4) is 0 Å². The predicted molar refractivity (Wildman–Crippen MR) is 101 cm³/mol. The monoisotopic (exact) mass is 354 g/mol. The van der Waals surface area contributed by atoms with Gasteiger partial charge in [0, 0.05) is 30.3 Å². The Kier molecular flexibility index (Phi) is 6.91. The maximum absolute atomic E-state index is 11.9. The molecule has 2 N–H and O–H groups in total. The predicted octanol–water partition coefficient (Wildman–Crippen LogP) is 3.65. The molecule has 0 bridgehead atoms. The fraction of sp³-hybridized carbons (Fsp3) is 0.250. The molecule has 0 fully saturated rings. The summed E-state index contributed by atoms with van der Waals surface area (Å²) in [6, 6.07) is 13.8. The summed E-state index contributed by atoms with van der Waals surface area (Å²) < 4.78 is 5.56. The first-order valence-electron chi connectivity index (χ1n) is 8.35. The van der Waals surface area contributed by atoms with Gasteiger partial charge in [0.1, 0.15) is 5.75 Å². The van der Waals surface area contributed by atoms with Gasteiger partial charge in [0.25, 0.3) is 0 Å². The van der Waals surface area contributed by atoms with Gasteiger partial charge >= 0.3 is 0 Å². The third-order valence-corrected chi connectivity index (χ3v) is 3.57. The van der Waals surface area contributed by atoms with Crippen molar-refractivity contribution in [3.05, 3.63) is 54.1 Å². The van der Waals surface area contributed by atoms with Gasteiger partial charge in [-0.05, 0) is 61.9 Å². The third kappa shape index (κ3) is 6.39. The molecular weight excluding hydrogens is 332 g/mol. The molecule has 2 aromatic rings. The van der Waals surface area contributed by atoms with E-state index in [0.29, 0.717) is 42.1 Å². The summed E-state index contributed by atoms with van der Waals surface area (Å²) in [6.45, 7) is 3.37. The van der Waals surface area contributed by atoms with Gasteiger partial charge in [0.05, 0.1) is 6.61 Å². The molecule has 0 unspecified atom stereocenters. The minimum atomic E-state index is -0.141. The van der Waals surface area contributed by atoms with Crippen LogP contribution in [0.25, 0.3) is 0 Å². The van der Waals surface area contributed by atoms with Crippen molar-refractivity contribution in [2.75, 3.05) is 17.2 Å². The second-order valence-corrected chi connectivity index (χ2v) is 5.84. The van der Waals surface area contributed by atoms with Crippen molar-refractivity contribution >= 4 is 29.0 Å². The third-order valence-electron chi connectivity index (χ3n) is 3.57. The summed E-state index contributed by atoms with van der Waals surface area (Å²) in [4.78, 5) is 34.1. The highest BCUT2D eigenvalue weighted by Crippen LogP contribution is 2.15. The van der Waals surface area contributed by atoms with Crippen molar-refractivity contribution in [1.29, 1.82) is 0 Å². The van der Waals surface area contributed by atoms with Crippen LogP contribution in [0, 0.1) is 0 Å². The van der Waals surface area contributed by atoms with Crippen LogP contribution in [0.15, 0.2) is 48.5 Å². The second-order valence-electron chi connectivity index (χ2n) is 5.84. The number of amides is 2. The number of rotatable bonds is 8. The number of ketones is 1. The normalized spacial score (nSPS) is 10.1. The molecule has 0 spiro atoms. The molecule has 2 amide bonds. The fourth-order valence-corrected chi connectivity index (χ4v) is 2.27. The van der Waals surface area contributed by atoms with Crippen LogP contribution in [0.2, 0.25) is 0 Å². The minimum Gasteiger partial charge on any atom is -0.494 e. The van der Waals surface area contributed by atoms with E-state index in [9.17, 15) is 14.4 Å². The van der Waals surface area contributed by atoms with Crippen molar-refractivity contribution < 1.29 is 19.1 Å². The van der Waals surface area contributed by atoms with Gasteiger partial charge in [-0.1, -0.05) is 0 Å². The molecule has 0 aromatic heterocycles. The summed E-state index contributed by atoms with van der Waals surface area (Å²) in [5, 5.41) is 5.46. The second kappa shape index (κ2) is 9.36. The average Bonchev–Trinajstić information content (AvgIpc) is 2.60. The van der Waals surface area contributed by atoms with Gasteiger partial charge in [-0.2, -0.15) is 0 Å². The van der Waals surface area contributed by atoms with E-state index in [1.54, 1.807) is 48.5 Å². The van der Waals surface area contributed by atoms with Crippen molar-refractivity contribution in [2.24, 2.45) is 0 Å². The molecule has 6 heteroatoms. The van der Waals surface area contributed by atoms with Crippen LogP contribution < -0.4 is 15.4 Å². The molecule has 0 heterocycles. The summed E-state index contributed by atoms with van der Waals surface area (Å²) in [6.07, 6.45) is 0.906. The lowest BCUT2D eigenvalue weighted by molar-refractivity contribution is -0.116. The van der Waals surface area contributed by atoms with Crippen LogP contribution in [-0.2, 0) is 9.59 Å². The van der Waals surface area contributed by atoms with Crippen molar-refractivity contribution in [2.45, 2.75) is 26.7 Å². The number of ether oxygens (including phenoxy) is 1. The summed E-state index contributed by atoms with van der Waals surface area (Å²) in [5.41, 5.74) is 1.99. The molecule has 0 atom stereocenters. The van der Waals surface area contributed by atoms with E-state index in [2.05, 4.69) is 10.6 Å². The molecule has 26 heavy (non-hydrogen) atoms. The van der Waals surface area contributed by atoms with Crippen LogP contribution in [-0.4, -0.2) is 24.2 Å². The number of carbonyl (C=O) groups is 3. The quantitative estimate of drug-likeness (QED) is 0.560. The Hall–Kier alpha value is -3.15. The number of nitrogens with one attached hydrogen (secondary N) is 2. The number of benzene rings is 2. The van der Waals surface area contributed by atoms with E-state index in [1.807, 2.05) is 0 Å². The van der Waals surface area contributed by atoms with Gasteiger partial charge in [-0.15, -0.1) is 0 Å². The molecule has 0 aliphatic heterocycles. The lowest BCUT2D eigenvalue weighted by Gasteiger charge is -2.08. The van der Waals surface area contributed by atoms with E-state index >= 15 is 0 Å². The largest absolute Gasteiger partial charge is 0.494 e. The van der Waals surface area contributed by atoms with Crippen molar-refractivity contribution in [3.8, 4) is 5.75 Å². The van der Waals surface area contributed by atoms with E-state index in [4.69, 9.17) is 4.74 Å². The summed E-state index contributed by atoms with van der Waals surface area (Å²) in [7, 11) is 0. The summed E-state index contributed by atoms with van der Waals surface area (Å²) >= 11 is 0. The maximum atomic E-state index is 11.9. The van der Waals surface area contributed by atoms with Gasteiger partial charge in [-0.3, -0.25) is 14.4 Å². The fourth-order valence-electron chi connectivity index (χ4n) is 2.27. The smallest absolute Gasteiger partial charge is 0.224 e. The molecule has 0 aliphatic carbocycles. The van der Waals surface area contributed by atoms with Crippen LogP contribution >= 0.6 is 0 Å². The molecule has 0 saturated carbocycles. The van der Waals surface area contributed by atoms with Gasteiger partial charge in [-0.25, -0.2) is 0 Å². The van der Waals surface area contributed by atoms with Gasteiger partial charge in [0.2, 0.25) is 11.8 Å². The number of carbonyl (C=O) groups excluding carboxylic acids is 3. The molecule has 0 radical (unpaired) electrons. The highest BCUT2D eigenvalue weighted by Gasteiger charge is 2.04. The Morgan fingerprint density at radius 1 is 0.846 bits per heavy atom. The lowest BCUT2D eigenvalue weighted by Crippen LogP contribution is -2.13. The van der Waals surface area contributed by atoms with Crippen molar-refractivity contribution in [3.63, 3.8) is 0 Å². The number of hydrogen-bond donors (Lipinski definition) is 2. The topological polar surface area (TPSA) is 84.5 Å². The first-order chi connectivity index (χ1) is 12.4. The first kappa shape index (κ1) is 19.2. The van der Waals surface area contributed by atoms with E-state index in [1.165, 1.54) is 13.8 Å². The van der Waals surface area contributed by atoms with Crippen LogP contribution in [0.4, 0.5) is 11.4 Å². The van der Waals surface area contributed by atoms with E-state index < -0.39 is 0 Å². The van der Waals surface area contributed by atoms with E-state index in [0.717, 1.165) is 0 Å². The Morgan fingerprint density at radius 3 is 1.96 bits per heavy atom. The number of anilines is 2. The number of Topliss-reactive ketones (excluding diaryl/α,β-unsaturated/α-hetero) is 1. The molecule has 0 saturated heterocycles.